The lowest BCUT2D eigenvalue weighted by atomic mass is 10.1. The van der Waals surface area contributed by atoms with Crippen LogP contribution in [0.25, 0.3) is 10.9 Å². The summed E-state index contributed by atoms with van der Waals surface area (Å²) >= 11 is 2.10. The van der Waals surface area contributed by atoms with Crippen LogP contribution in [0.1, 0.15) is 10.4 Å². The van der Waals surface area contributed by atoms with Gasteiger partial charge in [0.1, 0.15) is 5.75 Å². The molecule has 3 rings (SSSR count). The van der Waals surface area contributed by atoms with Gasteiger partial charge >= 0.3 is 0 Å². The Balaban J connectivity index is 1.90. The summed E-state index contributed by atoms with van der Waals surface area (Å²) < 4.78 is 0.887. The van der Waals surface area contributed by atoms with Crippen LogP contribution in [0.15, 0.2) is 54.7 Å². The van der Waals surface area contributed by atoms with E-state index in [0.717, 1.165) is 14.5 Å². The molecule has 0 aliphatic rings. The number of phenolic OH excluding ortho intramolecular Hbond substituents is 1. The largest absolute Gasteiger partial charge is 0.507 e. The predicted octanol–water partition coefficient (Wildman–Crippen LogP) is 3.80. The number of anilines is 1. The summed E-state index contributed by atoms with van der Waals surface area (Å²) in [6, 6.07) is 14.2. The summed E-state index contributed by atoms with van der Waals surface area (Å²) in [5.41, 5.74) is 1.79. The first-order valence-electron chi connectivity index (χ1n) is 6.28. The van der Waals surface area contributed by atoms with Gasteiger partial charge in [-0.3, -0.25) is 9.78 Å². The molecule has 0 saturated carbocycles. The Labute approximate surface area is 135 Å². The Kier molecular flexibility index (Phi) is 3.74. The van der Waals surface area contributed by atoms with Crippen molar-refractivity contribution in [3.05, 3.63) is 63.9 Å². The summed E-state index contributed by atoms with van der Waals surface area (Å²) in [5, 5.41) is 13.5. The highest BCUT2D eigenvalue weighted by atomic mass is 127. The second kappa shape index (κ2) is 5.69. The summed E-state index contributed by atoms with van der Waals surface area (Å²) in [5.74, 6) is -0.371. The highest BCUT2D eigenvalue weighted by molar-refractivity contribution is 14.1. The van der Waals surface area contributed by atoms with Crippen LogP contribution in [0.2, 0.25) is 0 Å². The Morgan fingerprint density at radius 1 is 1.14 bits per heavy atom. The highest BCUT2D eigenvalue weighted by Crippen LogP contribution is 2.22. The quantitative estimate of drug-likeness (QED) is 0.655. The van der Waals surface area contributed by atoms with Crippen molar-refractivity contribution in [3.8, 4) is 5.75 Å². The van der Waals surface area contributed by atoms with Crippen molar-refractivity contribution in [2.24, 2.45) is 0 Å². The molecule has 5 heteroatoms. The smallest absolute Gasteiger partial charge is 0.259 e. The normalized spacial score (nSPS) is 10.5. The second-order valence-corrected chi connectivity index (χ2v) is 5.77. The Morgan fingerprint density at radius 3 is 2.86 bits per heavy atom. The molecule has 1 aromatic heterocycles. The molecule has 0 aliphatic carbocycles. The van der Waals surface area contributed by atoms with Gasteiger partial charge in [-0.2, -0.15) is 0 Å². The van der Waals surface area contributed by atoms with Crippen LogP contribution < -0.4 is 5.32 Å². The minimum Gasteiger partial charge on any atom is -0.507 e. The molecule has 21 heavy (non-hydrogen) atoms. The molecule has 2 N–H and O–H groups in total. The van der Waals surface area contributed by atoms with Crippen LogP contribution in [-0.2, 0) is 0 Å². The van der Waals surface area contributed by atoms with Crippen molar-refractivity contribution in [2.45, 2.75) is 0 Å². The van der Waals surface area contributed by atoms with Gasteiger partial charge in [0.15, 0.2) is 0 Å². The van der Waals surface area contributed by atoms with Crippen molar-refractivity contribution < 1.29 is 9.90 Å². The lowest BCUT2D eigenvalue weighted by Gasteiger charge is -2.08. The Hall–Kier alpha value is -2.15. The first kappa shape index (κ1) is 13.8. The molecule has 0 atom stereocenters. The predicted molar refractivity (Wildman–Crippen MR) is 90.5 cm³/mol. The number of benzene rings is 2. The van der Waals surface area contributed by atoms with E-state index in [-0.39, 0.29) is 17.2 Å². The maximum atomic E-state index is 12.2. The highest BCUT2D eigenvalue weighted by Gasteiger charge is 2.12. The number of carbonyl (C=O) groups is 1. The zero-order chi connectivity index (χ0) is 14.8. The molecule has 0 saturated heterocycles. The third-order valence-electron chi connectivity index (χ3n) is 3.06. The number of carbonyl (C=O) groups excluding carboxylic acids is 1. The second-order valence-electron chi connectivity index (χ2n) is 4.53. The van der Waals surface area contributed by atoms with E-state index in [1.165, 1.54) is 6.07 Å². The molecule has 0 aliphatic heterocycles. The minimum absolute atomic E-state index is 0.0321. The van der Waals surface area contributed by atoms with Crippen molar-refractivity contribution >= 4 is 45.1 Å². The molecule has 1 heterocycles. The number of rotatable bonds is 2. The lowest BCUT2D eigenvalue weighted by Crippen LogP contribution is -2.12. The third-order valence-corrected chi connectivity index (χ3v) is 3.74. The molecule has 4 nitrogen and oxygen atoms in total. The first-order chi connectivity index (χ1) is 10.1. The maximum absolute atomic E-state index is 12.2. The molecule has 0 unspecified atom stereocenters. The number of nitrogens with one attached hydrogen (secondary N) is 1. The first-order valence-corrected chi connectivity index (χ1v) is 7.36. The topological polar surface area (TPSA) is 62.2 Å². The van der Waals surface area contributed by atoms with E-state index >= 15 is 0 Å². The lowest BCUT2D eigenvalue weighted by molar-refractivity contribution is 0.102. The van der Waals surface area contributed by atoms with Gasteiger partial charge in [0, 0.05) is 20.8 Å². The van der Waals surface area contributed by atoms with Gasteiger partial charge in [0.2, 0.25) is 0 Å². The fraction of sp³-hybridized carbons (Fsp3) is 0. The fourth-order valence-corrected chi connectivity index (χ4v) is 2.53. The molecule has 1 amide bonds. The van der Waals surface area contributed by atoms with Gasteiger partial charge in [-0.05, 0) is 65.1 Å². The van der Waals surface area contributed by atoms with E-state index in [1.807, 2.05) is 24.3 Å². The summed E-state index contributed by atoms with van der Waals surface area (Å²) in [6.07, 6.45) is 1.73. The van der Waals surface area contributed by atoms with E-state index in [4.69, 9.17) is 0 Å². The zero-order valence-corrected chi connectivity index (χ0v) is 13.0. The van der Waals surface area contributed by atoms with E-state index in [1.54, 1.807) is 24.4 Å². The van der Waals surface area contributed by atoms with Crippen molar-refractivity contribution in [1.82, 2.24) is 4.98 Å². The minimum atomic E-state index is -0.339. The Bertz CT molecular complexity index is 833. The Morgan fingerprint density at radius 2 is 2.00 bits per heavy atom. The number of halogens is 1. The SMILES string of the molecule is O=C(Nc1ccc2ncccc2c1)c1cc(I)ccc1O. The number of hydrogen-bond donors (Lipinski definition) is 2. The molecule has 104 valence electrons. The van der Waals surface area contributed by atoms with Gasteiger partial charge in [-0.1, -0.05) is 6.07 Å². The summed E-state index contributed by atoms with van der Waals surface area (Å²) in [7, 11) is 0. The standard InChI is InChI=1S/C16H11IN2O2/c17-11-3-6-15(20)13(9-11)16(21)19-12-4-5-14-10(8-12)2-1-7-18-14/h1-9,20H,(H,19,21). The van der Waals surface area contributed by atoms with Crippen LogP contribution in [0.4, 0.5) is 5.69 Å². The maximum Gasteiger partial charge on any atom is 0.259 e. The number of fused-ring (bicyclic) bond motifs is 1. The molecule has 0 radical (unpaired) electrons. The van der Waals surface area contributed by atoms with Gasteiger partial charge in [-0.15, -0.1) is 0 Å². The molecule has 0 fully saturated rings. The van der Waals surface area contributed by atoms with E-state index < -0.39 is 0 Å². The van der Waals surface area contributed by atoms with Crippen LogP contribution in [0, 0.1) is 3.57 Å². The molecule has 3 aromatic rings. The molecule has 2 aromatic carbocycles. The number of aromatic hydroxyl groups is 1. The fourth-order valence-electron chi connectivity index (χ4n) is 2.04. The van der Waals surface area contributed by atoms with Gasteiger partial charge in [0.25, 0.3) is 5.91 Å². The number of hydrogen-bond acceptors (Lipinski definition) is 3. The average molecular weight is 390 g/mol. The van der Waals surface area contributed by atoms with Gasteiger partial charge in [-0.25, -0.2) is 0 Å². The third kappa shape index (κ3) is 2.97. The van der Waals surface area contributed by atoms with Crippen molar-refractivity contribution in [1.29, 1.82) is 0 Å². The van der Waals surface area contributed by atoms with Crippen molar-refractivity contribution in [2.75, 3.05) is 5.32 Å². The van der Waals surface area contributed by atoms with Gasteiger partial charge in [0.05, 0.1) is 11.1 Å². The van der Waals surface area contributed by atoms with E-state index in [2.05, 4.69) is 32.9 Å². The molecule has 0 bridgehead atoms. The monoisotopic (exact) mass is 390 g/mol. The van der Waals surface area contributed by atoms with Crippen LogP contribution in [-0.4, -0.2) is 16.0 Å². The van der Waals surface area contributed by atoms with Gasteiger partial charge < -0.3 is 10.4 Å². The van der Waals surface area contributed by atoms with Crippen molar-refractivity contribution in [3.63, 3.8) is 0 Å². The number of aromatic nitrogens is 1. The molecular weight excluding hydrogens is 379 g/mol. The summed E-state index contributed by atoms with van der Waals surface area (Å²) in [6.45, 7) is 0. The van der Waals surface area contributed by atoms with E-state index in [9.17, 15) is 9.90 Å². The number of pyridine rings is 1. The number of phenols is 1. The van der Waals surface area contributed by atoms with Crippen LogP contribution in [0.5, 0.6) is 5.75 Å². The molecular formula is C16H11IN2O2. The zero-order valence-electron chi connectivity index (χ0n) is 10.9. The summed E-state index contributed by atoms with van der Waals surface area (Å²) in [4.78, 5) is 16.5. The van der Waals surface area contributed by atoms with E-state index in [0.29, 0.717) is 5.69 Å². The van der Waals surface area contributed by atoms with Crippen LogP contribution in [0.3, 0.4) is 0 Å². The van der Waals surface area contributed by atoms with Crippen LogP contribution >= 0.6 is 22.6 Å². The number of amides is 1. The number of nitrogens with zero attached hydrogens (tertiary/aromatic N) is 1. The average Bonchev–Trinajstić information content (AvgIpc) is 2.49. The molecule has 0 spiro atoms.